The van der Waals surface area contributed by atoms with Crippen LogP contribution in [0.15, 0.2) is 18.2 Å². The van der Waals surface area contributed by atoms with Gasteiger partial charge in [0.15, 0.2) is 0 Å². The van der Waals surface area contributed by atoms with Crippen LogP contribution in [0.1, 0.15) is 25.7 Å². The van der Waals surface area contributed by atoms with Crippen molar-refractivity contribution in [2.45, 2.75) is 31.7 Å². The lowest BCUT2D eigenvalue weighted by molar-refractivity contribution is 0.306. The van der Waals surface area contributed by atoms with Gasteiger partial charge in [0.1, 0.15) is 5.75 Å². The third kappa shape index (κ3) is 4.74. The second-order valence-electron chi connectivity index (χ2n) is 4.36. The summed E-state index contributed by atoms with van der Waals surface area (Å²) in [6, 6.07) is 6.06. The molecule has 0 bridgehead atoms. The van der Waals surface area contributed by atoms with Crippen LogP contribution >= 0.6 is 23.2 Å². The van der Waals surface area contributed by atoms with Gasteiger partial charge in [0.25, 0.3) is 0 Å². The number of hydrogen-bond acceptors (Lipinski definition) is 2. The summed E-state index contributed by atoms with van der Waals surface area (Å²) in [5.74, 6) is 0.675. The highest BCUT2D eigenvalue weighted by molar-refractivity contribution is 6.34. The quantitative estimate of drug-likeness (QED) is 0.761. The molecule has 1 aromatic carbocycles. The van der Waals surface area contributed by atoms with Gasteiger partial charge in [-0.3, -0.25) is 0 Å². The zero-order chi connectivity index (χ0) is 12.1. The molecule has 0 aliphatic heterocycles. The van der Waals surface area contributed by atoms with Crippen LogP contribution < -0.4 is 10.1 Å². The average molecular weight is 274 g/mol. The fourth-order valence-electron chi connectivity index (χ4n) is 1.59. The minimum atomic E-state index is 0.616. The minimum Gasteiger partial charge on any atom is -0.492 e. The zero-order valence-electron chi connectivity index (χ0n) is 9.72. The predicted octanol–water partition coefficient (Wildman–Crippen LogP) is 3.90. The Labute approximate surface area is 112 Å². The number of halogens is 2. The lowest BCUT2D eigenvalue weighted by Crippen LogP contribution is -2.17. The van der Waals surface area contributed by atoms with Crippen molar-refractivity contribution >= 4 is 23.2 Å². The Kier molecular flexibility index (Phi) is 4.96. The molecule has 2 rings (SSSR count). The Bertz CT molecular complexity index is 366. The van der Waals surface area contributed by atoms with Crippen LogP contribution in [0, 0.1) is 0 Å². The molecule has 94 valence electrons. The van der Waals surface area contributed by atoms with Gasteiger partial charge >= 0.3 is 0 Å². The van der Waals surface area contributed by atoms with E-state index in [0.29, 0.717) is 22.4 Å². The first-order valence-electron chi connectivity index (χ1n) is 6.07. The Morgan fingerprint density at radius 3 is 2.82 bits per heavy atom. The first-order chi connectivity index (χ1) is 8.25. The average Bonchev–Trinajstić information content (AvgIpc) is 3.11. The number of hydrogen-bond donors (Lipinski definition) is 1. The van der Waals surface area contributed by atoms with E-state index >= 15 is 0 Å². The summed E-state index contributed by atoms with van der Waals surface area (Å²) in [6.07, 6.45) is 4.85. The van der Waals surface area contributed by atoms with Crippen LogP contribution in [-0.4, -0.2) is 19.2 Å². The molecule has 1 saturated carbocycles. The normalized spacial score (nSPS) is 14.9. The Balaban J connectivity index is 1.61. The molecule has 1 aliphatic carbocycles. The Morgan fingerprint density at radius 2 is 2.06 bits per heavy atom. The van der Waals surface area contributed by atoms with Gasteiger partial charge in [0.05, 0.1) is 11.6 Å². The van der Waals surface area contributed by atoms with Gasteiger partial charge in [-0.1, -0.05) is 23.2 Å². The van der Waals surface area contributed by atoms with Crippen molar-refractivity contribution < 1.29 is 4.74 Å². The lowest BCUT2D eigenvalue weighted by Gasteiger charge is -2.08. The topological polar surface area (TPSA) is 21.3 Å². The molecule has 17 heavy (non-hydrogen) atoms. The molecule has 1 aliphatic rings. The van der Waals surface area contributed by atoms with Crippen molar-refractivity contribution in [3.05, 3.63) is 28.2 Å². The van der Waals surface area contributed by atoms with Crippen LogP contribution in [-0.2, 0) is 0 Å². The van der Waals surface area contributed by atoms with Crippen LogP contribution in [0.4, 0.5) is 0 Å². The number of benzene rings is 1. The first kappa shape index (κ1) is 13.0. The first-order valence-corrected chi connectivity index (χ1v) is 6.82. The van der Waals surface area contributed by atoms with Crippen molar-refractivity contribution in [3.8, 4) is 5.75 Å². The molecule has 1 N–H and O–H groups in total. The van der Waals surface area contributed by atoms with Crippen LogP contribution in [0.25, 0.3) is 0 Å². The smallest absolute Gasteiger partial charge is 0.139 e. The van der Waals surface area contributed by atoms with E-state index in [1.807, 2.05) is 0 Å². The second kappa shape index (κ2) is 6.48. The molecule has 2 nitrogen and oxygen atoms in total. The van der Waals surface area contributed by atoms with E-state index in [9.17, 15) is 0 Å². The fourth-order valence-corrected chi connectivity index (χ4v) is 1.92. The van der Waals surface area contributed by atoms with E-state index < -0.39 is 0 Å². The summed E-state index contributed by atoms with van der Waals surface area (Å²) in [6.45, 7) is 1.77. The van der Waals surface area contributed by atoms with Gasteiger partial charge in [-0.15, -0.1) is 0 Å². The van der Waals surface area contributed by atoms with E-state index in [1.165, 1.54) is 12.8 Å². The second-order valence-corrected chi connectivity index (χ2v) is 5.20. The van der Waals surface area contributed by atoms with E-state index in [1.54, 1.807) is 18.2 Å². The van der Waals surface area contributed by atoms with E-state index in [2.05, 4.69) is 5.32 Å². The summed E-state index contributed by atoms with van der Waals surface area (Å²) in [4.78, 5) is 0. The largest absolute Gasteiger partial charge is 0.492 e. The summed E-state index contributed by atoms with van der Waals surface area (Å²) >= 11 is 11.9. The number of rotatable bonds is 7. The molecule has 0 aromatic heterocycles. The maximum atomic E-state index is 5.99. The molecule has 0 saturated heterocycles. The number of unbranched alkanes of at least 4 members (excludes halogenated alkanes) is 1. The van der Waals surface area contributed by atoms with Gasteiger partial charge in [-0.05, 0) is 44.4 Å². The van der Waals surface area contributed by atoms with Gasteiger partial charge in [-0.25, -0.2) is 0 Å². The molecule has 1 fully saturated rings. The molecule has 0 heterocycles. The predicted molar refractivity (Wildman–Crippen MR) is 72.2 cm³/mol. The molecule has 0 radical (unpaired) electrons. The standard InChI is InChI=1S/C13H17Cl2NO/c14-10-3-6-12(15)13(9-10)17-8-2-1-7-16-11-4-5-11/h3,6,9,11,16H,1-2,4-5,7-8H2. The van der Waals surface area contributed by atoms with Gasteiger partial charge in [0.2, 0.25) is 0 Å². The van der Waals surface area contributed by atoms with E-state index in [4.69, 9.17) is 27.9 Å². The third-order valence-electron chi connectivity index (χ3n) is 2.73. The molecule has 1 aromatic rings. The van der Waals surface area contributed by atoms with Gasteiger partial charge in [-0.2, -0.15) is 0 Å². The van der Waals surface area contributed by atoms with Crippen LogP contribution in [0.2, 0.25) is 10.0 Å². The molecular weight excluding hydrogens is 257 g/mol. The van der Waals surface area contributed by atoms with Gasteiger partial charge < -0.3 is 10.1 Å². The minimum absolute atomic E-state index is 0.616. The highest BCUT2D eigenvalue weighted by atomic mass is 35.5. The Hall–Kier alpha value is -0.440. The maximum absolute atomic E-state index is 5.99. The highest BCUT2D eigenvalue weighted by Gasteiger charge is 2.19. The SMILES string of the molecule is Clc1ccc(Cl)c(OCCCCNC2CC2)c1. The molecule has 4 heteroatoms. The molecule has 0 spiro atoms. The van der Waals surface area contributed by atoms with Crippen molar-refractivity contribution in [2.75, 3.05) is 13.2 Å². The summed E-state index contributed by atoms with van der Waals surface area (Å²) in [5.41, 5.74) is 0. The summed E-state index contributed by atoms with van der Waals surface area (Å²) in [7, 11) is 0. The van der Waals surface area contributed by atoms with Crippen molar-refractivity contribution in [3.63, 3.8) is 0 Å². The number of ether oxygens (including phenoxy) is 1. The summed E-state index contributed by atoms with van der Waals surface area (Å²) in [5, 5.41) is 4.74. The Morgan fingerprint density at radius 1 is 1.24 bits per heavy atom. The molecular formula is C13H17Cl2NO. The lowest BCUT2D eigenvalue weighted by atomic mass is 10.3. The molecule has 0 unspecified atom stereocenters. The number of nitrogens with one attached hydrogen (secondary N) is 1. The monoisotopic (exact) mass is 273 g/mol. The summed E-state index contributed by atoms with van der Waals surface area (Å²) < 4.78 is 5.60. The van der Waals surface area contributed by atoms with E-state index in [0.717, 1.165) is 25.4 Å². The van der Waals surface area contributed by atoms with Crippen molar-refractivity contribution in [2.24, 2.45) is 0 Å². The zero-order valence-corrected chi connectivity index (χ0v) is 11.2. The van der Waals surface area contributed by atoms with Crippen molar-refractivity contribution in [1.29, 1.82) is 0 Å². The van der Waals surface area contributed by atoms with Crippen LogP contribution in [0.5, 0.6) is 5.75 Å². The van der Waals surface area contributed by atoms with Gasteiger partial charge in [0, 0.05) is 17.1 Å². The third-order valence-corrected chi connectivity index (χ3v) is 3.28. The maximum Gasteiger partial charge on any atom is 0.139 e. The highest BCUT2D eigenvalue weighted by Crippen LogP contribution is 2.27. The van der Waals surface area contributed by atoms with Crippen molar-refractivity contribution in [1.82, 2.24) is 5.32 Å². The van der Waals surface area contributed by atoms with Crippen LogP contribution in [0.3, 0.4) is 0 Å². The molecule has 0 atom stereocenters. The van der Waals surface area contributed by atoms with E-state index in [-0.39, 0.29) is 0 Å². The fraction of sp³-hybridized carbons (Fsp3) is 0.538. The molecule has 0 amide bonds.